The van der Waals surface area contributed by atoms with Gasteiger partial charge in [0.2, 0.25) is 0 Å². The molecule has 0 unspecified atom stereocenters. The normalized spacial score (nSPS) is 12.4. The lowest BCUT2D eigenvalue weighted by atomic mass is 10.0. The molecule has 0 amide bonds. The number of nitrogens with zero attached hydrogens (tertiary/aromatic N) is 1. The molecule has 0 fully saturated rings. The van der Waals surface area contributed by atoms with Gasteiger partial charge in [-0.05, 0) is 39.8 Å². The number of hydrogen-bond acceptors (Lipinski definition) is 1. The second-order valence-corrected chi connectivity index (χ2v) is 5.71. The monoisotopic (exact) mass is 283 g/mol. The Hall–Kier alpha value is -2.67. The van der Waals surface area contributed by atoms with Gasteiger partial charge < -0.3 is 0 Å². The molecule has 1 aliphatic carbocycles. The molecule has 22 heavy (non-hydrogen) atoms. The van der Waals surface area contributed by atoms with Gasteiger partial charge in [0.15, 0.2) is 0 Å². The van der Waals surface area contributed by atoms with E-state index in [9.17, 15) is 0 Å². The lowest BCUT2D eigenvalue weighted by molar-refractivity contribution is 1.07. The highest BCUT2D eigenvalue weighted by Gasteiger charge is 2.17. The quantitative estimate of drug-likeness (QED) is 0.475. The van der Waals surface area contributed by atoms with E-state index in [-0.39, 0.29) is 0 Å². The van der Waals surface area contributed by atoms with Gasteiger partial charge in [-0.2, -0.15) is 0 Å². The van der Waals surface area contributed by atoms with Crippen LogP contribution >= 0.6 is 0 Å². The Morgan fingerprint density at radius 2 is 1.55 bits per heavy atom. The maximum Gasteiger partial charge on any atom is 0.0640 e. The van der Waals surface area contributed by atoms with E-state index in [0.717, 1.165) is 18.5 Å². The first kappa shape index (κ1) is 13.0. The van der Waals surface area contributed by atoms with E-state index < -0.39 is 0 Å². The number of fused-ring (bicyclic) bond motifs is 3. The Kier molecular flexibility index (Phi) is 3.32. The van der Waals surface area contributed by atoms with Gasteiger partial charge in [0.1, 0.15) is 0 Å². The molecule has 1 nitrogen and oxygen atoms in total. The van der Waals surface area contributed by atoms with E-state index in [1.807, 2.05) is 24.4 Å². The second kappa shape index (κ2) is 5.61. The van der Waals surface area contributed by atoms with E-state index in [4.69, 9.17) is 0 Å². The molecule has 0 radical (unpaired) electrons. The summed E-state index contributed by atoms with van der Waals surface area (Å²) in [5.41, 5.74) is 8.05. The van der Waals surface area contributed by atoms with Gasteiger partial charge in [-0.1, -0.05) is 72.8 Å². The SMILES string of the molecule is C(=NCc1ccc2c(c1)Cc1ccccc1-2)c1ccccc1. The lowest BCUT2D eigenvalue weighted by Gasteiger charge is -2.03. The number of benzene rings is 3. The molecule has 0 aromatic heterocycles. The van der Waals surface area contributed by atoms with Crippen molar-refractivity contribution in [3.63, 3.8) is 0 Å². The fourth-order valence-electron chi connectivity index (χ4n) is 3.09. The van der Waals surface area contributed by atoms with Crippen LogP contribution in [-0.2, 0) is 13.0 Å². The van der Waals surface area contributed by atoms with Crippen molar-refractivity contribution < 1.29 is 0 Å². The summed E-state index contributed by atoms with van der Waals surface area (Å²) in [5.74, 6) is 0. The maximum atomic E-state index is 4.56. The van der Waals surface area contributed by atoms with E-state index in [1.165, 1.54) is 27.8 Å². The van der Waals surface area contributed by atoms with Crippen molar-refractivity contribution in [1.29, 1.82) is 0 Å². The summed E-state index contributed by atoms with van der Waals surface area (Å²) in [5, 5.41) is 0. The summed E-state index contributed by atoms with van der Waals surface area (Å²) >= 11 is 0. The first-order valence-electron chi connectivity index (χ1n) is 7.65. The molecule has 1 aliphatic rings. The van der Waals surface area contributed by atoms with Gasteiger partial charge in [-0.15, -0.1) is 0 Å². The highest BCUT2D eigenvalue weighted by molar-refractivity contribution is 5.79. The number of rotatable bonds is 3. The standard InChI is InChI=1S/C21H17N/c1-2-6-16(7-3-1)14-22-15-17-10-11-21-19(12-17)13-18-8-4-5-9-20(18)21/h1-12,14H,13,15H2. The van der Waals surface area contributed by atoms with Crippen LogP contribution in [0.4, 0.5) is 0 Å². The highest BCUT2D eigenvalue weighted by atomic mass is 14.7. The fraction of sp³-hybridized carbons (Fsp3) is 0.0952. The summed E-state index contributed by atoms with van der Waals surface area (Å²) in [7, 11) is 0. The van der Waals surface area contributed by atoms with Crippen LogP contribution in [0, 0.1) is 0 Å². The number of aliphatic imine (C=N–C) groups is 1. The zero-order valence-corrected chi connectivity index (χ0v) is 12.4. The minimum absolute atomic E-state index is 0.735. The smallest absolute Gasteiger partial charge is 0.0640 e. The van der Waals surface area contributed by atoms with Crippen LogP contribution in [0.15, 0.2) is 77.8 Å². The third kappa shape index (κ3) is 2.46. The molecule has 0 heterocycles. The molecule has 4 rings (SSSR count). The Bertz CT molecular complexity index is 832. The Morgan fingerprint density at radius 1 is 0.773 bits per heavy atom. The Morgan fingerprint density at radius 3 is 2.45 bits per heavy atom. The van der Waals surface area contributed by atoms with Crippen molar-refractivity contribution in [3.8, 4) is 11.1 Å². The van der Waals surface area contributed by atoms with E-state index in [1.54, 1.807) is 0 Å². The van der Waals surface area contributed by atoms with E-state index in [0.29, 0.717) is 0 Å². The first-order chi connectivity index (χ1) is 10.9. The molecule has 1 heteroatoms. The molecule has 0 saturated heterocycles. The molecule has 0 saturated carbocycles. The predicted octanol–water partition coefficient (Wildman–Crippen LogP) is 4.88. The summed E-state index contributed by atoms with van der Waals surface area (Å²) < 4.78 is 0. The van der Waals surface area contributed by atoms with Crippen molar-refractivity contribution in [3.05, 3.63) is 95.1 Å². The van der Waals surface area contributed by atoms with Gasteiger partial charge in [0.25, 0.3) is 0 Å². The van der Waals surface area contributed by atoms with Crippen LogP contribution < -0.4 is 0 Å². The van der Waals surface area contributed by atoms with Crippen molar-refractivity contribution in [2.75, 3.05) is 0 Å². The van der Waals surface area contributed by atoms with Crippen LogP contribution in [-0.4, -0.2) is 6.21 Å². The van der Waals surface area contributed by atoms with Gasteiger partial charge in [0, 0.05) is 6.21 Å². The molecule has 106 valence electrons. The Labute approximate surface area is 131 Å². The minimum atomic E-state index is 0.735. The molecular formula is C21H17N. The van der Waals surface area contributed by atoms with Gasteiger partial charge in [-0.25, -0.2) is 0 Å². The third-order valence-electron chi connectivity index (χ3n) is 4.17. The minimum Gasteiger partial charge on any atom is -0.288 e. The summed E-state index contributed by atoms with van der Waals surface area (Å²) in [6.45, 7) is 0.735. The van der Waals surface area contributed by atoms with E-state index >= 15 is 0 Å². The van der Waals surface area contributed by atoms with Crippen molar-refractivity contribution >= 4 is 6.21 Å². The molecule has 0 aliphatic heterocycles. The first-order valence-corrected chi connectivity index (χ1v) is 7.65. The molecule has 3 aromatic carbocycles. The average Bonchev–Trinajstić information content (AvgIpc) is 2.93. The molecule has 3 aromatic rings. The predicted molar refractivity (Wildman–Crippen MR) is 92.4 cm³/mol. The second-order valence-electron chi connectivity index (χ2n) is 5.71. The Balaban J connectivity index is 1.54. The largest absolute Gasteiger partial charge is 0.288 e. The molecule has 0 atom stereocenters. The van der Waals surface area contributed by atoms with Crippen molar-refractivity contribution in [2.45, 2.75) is 13.0 Å². The highest BCUT2D eigenvalue weighted by Crippen LogP contribution is 2.36. The molecule has 0 bridgehead atoms. The maximum absolute atomic E-state index is 4.56. The van der Waals surface area contributed by atoms with Crippen LogP contribution in [0.25, 0.3) is 11.1 Å². The lowest BCUT2D eigenvalue weighted by Crippen LogP contribution is -1.87. The zero-order chi connectivity index (χ0) is 14.8. The summed E-state index contributed by atoms with van der Waals surface area (Å²) in [6.07, 6.45) is 2.99. The molecule has 0 spiro atoms. The van der Waals surface area contributed by atoms with Crippen molar-refractivity contribution in [2.24, 2.45) is 4.99 Å². The number of hydrogen-bond donors (Lipinski definition) is 0. The zero-order valence-electron chi connectivity index (χ0n) is 12.4. The topological polar surface area (TPSA) is 12.4 Å². The van der Waals surface area contributed by atoms with Crippen LogP contribution in [0.3, 0.4) is 0 Å². The third-order valence-corrected chi connectivity index (χ3v) is 4.17. The molecular weight excluding hydrogens is 266 g/mol. The molecule has 0 N–H and O–H groups in total. The van der Waals surface area contributed by atoms with Gasteiger partial charge in [-0.3, -0.25) is 4.99 Å². The van der Waals surface area contributed by atoms with Crippen molar-refractivity contribution in [1.82, 2.24) is 0 Å². The van der Waals surface area contributed by atoms with Gasteiger partial charge in [0.05, 0.1) is 6.54 Å². The summed E-state index contributed by atoms with van der Waals surface area (Å²) in [4.78, 5) is 4.56. The van der Waals surface area contributed by atoms with E-state index in [2.05, 4.69) is 59.6 Å². The van der Waals surface area contributed by atoms with Crippen LogP contribution in [0.5, 0.6) is 0 Å². The van der Waals surface area contributed by atoms with Crippen LogP contribution in [0.1, 0.15) is 22.3 Å². The average molecular weight is 283 g/mol. The summed E-state index contributed by atoms with van der Waals surface area (Å²) in [6, 6.07) is 25.7. The van der Waals surface area contributed by atoms with Crippen LogP contribution in [0.2, 0.25) is 0 Å². The van der Waals surface area contributed by atoms with Gasteiger partial charge >= 0.3 is 0 Å². The fourth-order valence-corrected chi connectivity index (χ4v) is 3.09.